The Kier molecular flexibility index (Phi) is 1.71. The quantitative estimate of drug-likeness (QED) is 0.608. The SMILES string of the molecule is CCc1cnc(C(N)=O)[nH]1. The van der Waals surface area contributed by atoms with Crippen LogP contribution in [0.4, 0.5) is 0 Å². The zero-order valence-corrected chi connectivity index (χ0v) is 5.72. The molecule has 1 aromatic rings. The molecule has 3 N–H and O–H groups in total. The Morgan fingerprint density at radius 3 is 2.90 bits per heavy atom. The first-order chi connectivity index (χ1) is 4.74. The maximum Gasteiger partial charge on any atom is 0.284 e. The smallest absolute Gasteiger partial charge is 0.284 e. The standard InChI is InChI=1S/C6H9N3O/c1-2-4-3-8-6(9-4)5(7)10/h3H,2H2,1H3,(H2,7,10)(H,8,9). The Labute approximate surface area is 58.5 Å². The highest BCUT2D eigenvalue weighted by Gasteiger charge is 2.02. The van der Waals surface area contributed by atoms with E-state index in [4.69, 9.17) is 5.73 Å². The fraction of sp³-hybridized carbons (Fsp3) is 0.333. The Hall–Kier alpha value is -1.32. The van der Waals surface area contributed by atoms with Crippen LogP contribution in [0.2, 0.25) is 0 Å². The Bertz CT molecular complexity index is 241. The second-order valence-corrected chi connectivity index (χ2v) is 1.97. The molecule has 1 rings (SSSR count). The fourth-order valence-corrected chi connectivity index (χ4v) is 0.664. The van der Waals surface area contributed by atoms with Crippen LogP contribution in [0.1, 0.15) is 23.2 Å². The summed E-state index contributed by atoms with van der Waals surface area (Å²) in [5.74, 6) is -0.281. The van der Waals surface area contributed by atoms with Crippen molar-refractivity contribution in [1.82, 2.24) is 9.97 Å². The summed E-state index contributed by atoms with van der Waals surface area (Å²) in [5, 5.41) is 0. The maximum absolute atomic E-state index is 10.5. The monoisotopic (exact) mass is 139 g/mol. The molecule has 1 amide bonds. The van der Waals surface area contributed by atoms with E-state index in [0.29, 0.717) is 0 Å². The van der Waals surface area contributed by atoms with Gasteiger partial charge in [-0.05, 0) is 6.42 Å². The number of hydrogen-bond donors (Lipinski definition) is 2. The molecular formula is C6H9N3O. The van der Waals surface area contributed by atoms with E-state index in [9.17, 15) is 4.79 Å². The molecule has 54 valence electrons. The minimum atomic E-state index is -0.514. The molecule has 0 aliphatic heterocycles. The van der Waals surface area contributed by atoms with Gasteiger partial charge in [0.15, 0.2) is 5.82 Å². The number of imidazole rings is 1. The molecule has 0 saturated heterocycles. The molecule has 0 aliphatic carbocycles. The number of nitrogens with two attached hydrogens (primary N) is 1. The van der Waals surface area contributed by atoms with Crippen LogP contribution in [-0.2, 0) is 6.42 Å². The molecular weight excluding hydrogens is 130 g/mol. The number of nitrogens with one attached hydrogen (secondary N) is 1. The van der Waals surface area contributed by atoms with Gasteiger partial charge < -0.3 is 10.7 Å². The van der Waals surface area contributed by atoms with Crippen LogP contribution in [0.25, 0.3) is 0 Å². The minimum absolute atomic E-state index is 0.233. The first-order valence-corrected chi connectivity index (χ1v) is 3.07. The molecule has 0 spiro atoms. The number of aromatic nitrogens is 2. The number of primary amides is 1. The molecule has 0 fully saturated rings. The van der Waals surface area contributed by atoms with E-state index in [0.717, 1.165) is 12.1 Å². The van der Waals surface area contributed by atoms with Crippen molar-refractivity contribution in [3.8, 4) is 0 Å². The molecule has 0 aliphatic rings. The van der Waals surface area contributed by atoms with Crippen LogP contribution in [0, 0.1) is 0 Å². The van der Waals surface area contributed by atoms with E-state index in [1.165, 1.54) is 0 Å². The topological polar surface area (TPSA) is 71.8 Å². The van der Waals surface area contributed by atoms with Crippen molar-refractivity contribution in [2.24, 2.45) is 5.73 Å². The highest BCUT2D eigenvalue weighted by Crippen LogP contribution is 1.95. The lowest BCUT2D eigenvalue weighted by Crippen LogP contribution is -2.12. The van der Waals surface area contributed by atoms with Gasteiger partial charge in [0.25, 0.3) is 5.91 Å². The highest BCUT2D eigenvalue weighted by atomic mass is 16.1. The Morgan fingerprint density at radius 1 is 1.90 bits per heavy atom. The van der Waals surface area contributed by atoms with E-state index < -0.39 is 5.91 Å². The van der Waals surface area contributed by atoms with Crippen molar-refractivity contribution in [1.29, 1.82) is 0 Å². The molecule has 10 heavy (non-hydrogen) atoms. The first kappa shape index (κ1) is 6.80. The average Bonchev–Trinajstić information content (AvgIpc) is 2.34. The lowest BCUT2D eigenvalue weighted by molar-refractivity contribution is 0.0991. The maximum atomic E-state index is 10.5. The van der Waals surface area contributed by atoms with E-state index in [2.05, 4.69) is 9.97 Å². The molecule has 0 radical (unpaired) electrons. The van der Waals surface area contributed by atoms with E-state index in [-0.39, 0.29) is 5.82 Å². The summed E-state index contributed by atoms with van der Waals surface area (Å²) in [4.78, 5) is 17.0. The van der Waals surface area contributed by atoms with Gasteiger partial charge in [-0.15, -0.1) is 0 Å². The van der Waals surface area contributed by atoms with Crippen LogP contribution in [0.3, 0.4) is 0 Å². The van der Waals surface area contributed by atoms with Crippen molar-refractivity contribution >= 4 is 5.91 Å². The molecule has 1 heterocycles. The lowest BCUT2D eigenvalue weighted by atomic mass is 10.4. The number of H-pyrrole nitrogens is 1. The molecule has 0 bridgehead atoms. The summed E-state index contributed by atoms with van der Waals surface area (Å²) in [6.07, 6.45) is 2.44. The van der Waals surface area contributed by atoms with Crippen molar-refractivity contribution < 1.29 is 4.79 Å². The molecule has 0 aromatic carbocycles. The first-order valence-electron chi connectivity index (χ1n) is 3.07. The van der Waals surface area contributed by atoms with Crippen molar-refractivity contribution in [3.63, 3.8) is 0 Å². The van der Waals surface area contributed by atoms with Crippen molar-refractivity contribution in [2.45, 2.75) is 13.3 Å². The van der Waals surface area contributed by atoms with Crippen LogP contribution in [0.15, 0.2) is 6.20 Å². The summed E-state index contributed by atoms with van der Waals surface area (Å²) in [7, 11) is 0. The summed E-state index contributed by atoms with van der Waals surface area (Å²) >= 11 is 0. The average molecular weight is 139 g/mol. The third kappa shape index (κ3) is 1.15. The number of carbonyl (C=O) groups excluding carboxylic acids is 1. The van der Waals surface area contributed by atoms with Crippen LogP contribution >= 0.6 is 0 Å². The van der Waals surface area contributed by atoms with Gasteiger partial charge in [0.2, 0.25) is 0 Å². The van der Waals surface area contributed by atoms with Gasteiger partial charge in [0.1, 0.15) is 0 Å². The van der Waals surface area contributed by atoms with Gasteiger partial charge in [-0.2, -0.15) is 0 Å². The predicted octanol–water partition coefficient (Wildman–Crippen LogP) is 0.0710. The summed E-state index contributed by atoms with van der Waals surface area (Å²) in [5.41, 5.74) is 5.87. The summed E-state index contributed by atoms with van der Waals surface area (Å²) in [6, 6.07) is 0. The number of amides is 1. The number of aryl methyl sites for hydroxylation is 1. The highest BCUT2D eigenvalue weighted by molar-refractivity contribution is 5.88. The van der Waals surface area contributed by atoms with Gasteiger partial charge in [-0.25, -0.2) is 4.98 Å². The van der Waals surface area contributed by atoms with Gasteiger partial charge in [0.05, 0.1) is 0 Å². The number of aromatic amines is 1. The molecule has 4 nitrogen and oxygen atoms in total. The zero-order chi connectivity index (χ0) is 7.56. The Morgan fingerprint density at radius 2 is 2.60 bits per heavy atom. The summed E-state index contributed by atoms with van der Waals surface area (Å²) in [6.45, 7) is 1.97. The summed E-state index contributed by atoms with van der Waals surface area (Å²) < 4.78 is 0. The molecule has 0 atom stereocenters. The van der Waals surface area contributed by atoms with Crippen LogP contribution in [0.5, 0.6) is 0 Å². The minimum Gasteiger partial charge on any atom is -0.363 e. The number of hydrogen-bond acceptors (Lipinski definition) is 2. The lowest BCUT2D eigenvalue weighted by Gasteiger charge is -1.85. The molecule has 1 aromatic heterocycles. The molecule has 0 unspecified atom stereocenters. The Balaban J connectivity index is 2.88. The number of nitrogens with zero attached hydrogens (tertiary/aromatic N) is 1. The second kappa shape index (κ2) is 2.51. The van der Waals surface area contributed by atoms with Crippen molar-refractivity contribution in [2.75, 3.05) is 0 Å². The van der Waals surface area contributed by atoms with Crippen LogP contribution in [-0.4, -0.2) is 15.9 Å². The number of rotatable bonds is 2. The van der Waals surface area contributed by atoms with E-state index >= 15 is 0 Å². The van der Waals surface area contributed by atoms with Gasteiger partial charge in [0, 0.05) is 11.9 Å². The third-order valence-corrected chi connectivity index (χ3v) is 1.24. The third-order valence-electron chi connectivity index (χ3n) is 1.24. The van der Waals surface area contributed by atoms with Gasteiger partial charge in [-0.3, -0.25) is 4.79 Å². The largest absolute Gasteiger partial charge is 0.363 e. The zero-order valence-electron chi connectivity index (χ0n) is 5.72. The normalized spacial score (nSPS) is 9.70. The van der Waals surface area contributed by atoms with Gasteiger partial charge >= 0.3 is 0 Å². The predicted molar refractivity (Wildman–Crippen MR) is 36.5 cm³/mol. The van der Waals surface area contributed by atoms with Gasteiger partial charge in [-0.1, -0.05) is 6.92 Å². The number of carbonyl (C=O) groups is 1. The fourth-order valence-electron chi connectivity index (χ4n) is 0.664. The molecule has 0 saturated carbocycles. The van der Waals surface area contributed by atoms with E-state index in [1.54, 1.807) is 6.20 Å². The second-order valence-electron chi connectivity index (χ2n) is 1.97. The van der Waals surface area contributed by atoms with E-state index in [1.807, 2.05) is 6.92 Å². The molecule has 4 heteroatoms. The van der Waals surface area contributed by atoms with Crippen LogP contribution < -0.4 is 5.73 Å². The van der Waals surface area contributed by atoms with Crippen molar-refractivity contribution in [3.05, 3.63) is 17.7 Å².